The van der Waals surface area contributed by atoms with Crippen LogP contribution in [0.15, 0.2) is 23.8 Å². The first-order valence-corrected chi connectivity index (χ1v) is 11.0. The predicted octanol–water partition coefficient (Wildman–Crippen LogP) is 2.12. The number of quaternary nitrogens is 1. The molecule has 1 spiro atoms. The predicted molar refractivity (Wildman–Crippen MR) is 108 cm³/mol. The third-order valence-corrected chi connectivity index (χ3v) is 9.10. The van der Waals surface area contributed by atoms with Crippen molar-refractivity contribution in [3.8, 4) is 11.5 Å². The number of hydroxylamine groups is 3. The highest BCUT2D eigenvalue weighted by molar-refractivity contribution is 5.99. The number of rotatable bonds is 2. The molecule has 158 valence electrons. The fourth-order valence-electron chi connectivity index (χ4n) is 8.13. The first kappa shape index (κ1) is 17.6. The summed E-state index contributed by atoms with van der Waals surface area (Å²) in [5.74, 6) is 1.98. The third kappa shape index (κ3) is 1.75. The molecular weight excluding hydrogens is 384 g/mol. The summed E-state index contributed by atoms with van der Waals surface area (Å²) in [5.41, 5.74) is 2.96. The Hall–Kier alpha value is -2.09. The van der Waals surface area contributed by atoms with E-state index in [1.807, 2.05) is 17.0 Å². The average Bonchev–Trinajstić information content (AvgIpc) is 3.15. The Morgan fingerprint density at radius 2 is 2.07 bits per heavy atom. The van der Waals surface area contributed by atoms with Crippen molar-refractivity contribution in [2.45, 2.75) is 42.9 Å². The van der Waals surface area contributed by atoms with Gasteiger partial charge in [-0.3, -0.25) is 4.79 Å². The molecule has 6 aliphatic rings. The molecule has 30 heavy (non-hydrogen) atoms. The van der Waals surface area contributed by atoms with Crippen LogP contribution in [-0.2, 0) is 14.9 Å². The quantitative estimate of drug-likeness (QED) is 0.424. The molecule has 1 amide bonds. The molecule has 5 aliphatic heterocycles. The molecule has 7 nitrogen and oxygen atoms in total. The summed E-state index contributed by atoms with van der Waals surface area (Å²) in [7, 11) is 3.26. The summed E-state index contributed by atoms with van der Waals surface area (Å²) in [6.45, 7) is 1.70. The normalized spacial score (nSPS) is 44.4. The number of amides is 1. The van der Waals surface area contributed by atoms with Crippen LogP contribution >= 0.6 is 0 Å². The lowest BCUT2D eigenvalue weighted by atomic mass is 9.53. The Bertz CT molecular complexity index is 1020. The van der Waals surface area contributed by atoms with Crippen molar-refractivity contribution in [2.75, 3.05) is 38.8 Å². The highest BCUT2D eigenvalue weighted by Gasteiger charge is 2.74. The maximum Gasteiger partial charge on any atom is 0.229 e. The van der Waals surface area contributed by atoms with Gasteiger partial charge >= 0.3 is 0 Å². The molecule has 2 bridgehead atoms. The SMILES string of the molecule is COc1cc2c(cc1OC)[C@@]13CC[N+]4([O-])CC5=CCOC6CC(=O)N2C1[C@H]6[C@H]5C[C@@H]34. The van der Waals surface area contributed by atoms with Crippen molar-refractivity contribution in [2.24, 2.45) is 11.8 Å². The van der Waals surface area contributed by atoms with Gasteiger partial charge in [-0.2, -0.15) is 0 Å². The van der Waals surface area contributed by atoms with Crippen LogP contribution in [0.3, 0.4) is 0 Å². The summed E-state index contributed by atoms with van der Waals surface area (Å²) >= 11 is 0. The average molecular weight is 410 g/mol. The molecule has 1 aliphatic carbocycles. The molecule has 1 aromatic carbocycles. The largest absolute Gasteiger partial charge is 0.632 e. The molecule has 7 heteroatoms. The standard InChI is InChI=1S/C23H26N2O5/c1-28-16-8-14-15(9-17(16)29-2)24-20(26)10-18-21-13-7-19-23(14,22(21)24)4-5-25(19,27)11-12(13)3-6-30-18/h3,8-9,13,18-19,21-22H,4-7,10-11H2,1-2H3/t13-,18?,19-,21-,22?,23+,25?/m0/s1. The minimum Gasteiger partial charge on any atom is -0.632 e. The molecule has 4 fully saturated rings. The molecule has 0 aromatic heterocycles. The molecule has 0 N–H and O–H groups in total. The van der Waals surface area contributed by atoms with Gasteiger partial charge in [0, 0.05) is 24.8 Å². The maximum absolute atomic E-state index is 14.1. The first-order chi connectivity index (χ1) is 14.5. The minimum atomic E-state index is -0.328. The van der Waals surface area contributed by atoms with Crippen LogP contribution in [0.25, 0.3) is 0 Å². The van der Waals surface area contributed by atoms with Crippen LogP contribution in [0.2, 0.25) is 0 Å². The number of carbonyl (C=O) groups is 1. The van der Waals surface area contributed by atoms with E-state index in [4.69, 9.17) is 14.2 Å². The highest BCUT2D eigenvalue weighted by Crippen LogP contribution is 2.68. The van der Waals surface area contributed by atoms with Gasteiger partial charge in [0.05, 0.1) is 57.0 Å². The second-order valence-corrected chi connectivity index (χ2v) is 9.85. The number of piperidine rings is 2. The van der Waals surface area contributed by atoms with E-state index in [0.717, 1.165) is 24.1 Å². The van der Waals surface area contributed by atoms with Crippen LogP contribution in [-0.4, -0.2) is 62.7 Å². The van der Waals surface area contributed by atoms with Gasteiger partial charge in [0.15, 0.2) is 11.5 Å². The van der Waals surface area contributed by atoms with Crippen LogP contribution in [0, 0.1) is 17.0 Å². The Morgan fingerprint density at radius 3 is 2.87 bits per heavy atom. The maximum atomic E-state index is 14.1. The smallest absolute Gasteiger partial charge is 0.229 e. The summed E-state index contributed by atoms with van der Waals surface area (Å²) < 4.78 is 17.3. The topological polar surface area (TPSA) is 71.1 Å². The van der Waals surface area contributed by atoms with Crippen molar-refractivity contribution in [3.63, 3.8) is 0 Å². The zero-order chi connectivity index (χ0) is 20.4. The first-order valence-electron chi connectivity index (χ1n) is 11.0. The van der Waals surface area contributed by atoms with Crippen molar-refractivity contribution < 1.29 is 23.7 Å². The van der Waals surface area contributed by atoms with E-state index in [1.165, 1.54) is 5.57 Å². The van der Waals surface area contributed by atoms with Crippen molar-refractivity contribution in [1.29, 1.82) is 0 Å². The number of methoxy groups -OCH3 is 2. The van der Waals surface area contributed by atoms with E-state index in [9.17, 15) is 10.0 Å². The van der Waals surface area contributed by atoms with Gasteiger partial charge in [-0.05, 0) is 23.1 Å². The molecule has 7 rings (SSSR count). The molecule has 7 atom stereocenters. The van der Waals surface area contributed by atoms with Crippen LogP contribution in [0.5, 0.6) is 11.5 Å². The van der Waals surface area contributed by atoms with Gasteiger partial charge in [0.1, 0.15) is 12.6 Å². The lowest BCUT2D eigenvalue weighted by Crippen LogP contribution is -2.71. The Labute approximate surface area is 175 Å². The van der Waals surface area contributed by atoms with Crippen molar-refractivity contribution in [3.05, 3.63) is 34.6 Å². The van der Waals surface area contributed by atoms with E-state index >= 15 is 0 Å². The molecule has 3 saturated heterocycles. The highest BCUT2D eigenvalue weighted by atomic mass is 16.6. The lowest BCUT2D eigenvalue weighted by molar-refractivity contribution is -0.896. The number of hydrogen-bond acceptors (Lipinski definition) is 5. The fourth-order valence-corrected chi connectivity index (χ4v) is 8.13. The van der Waals surface area contributed by atoms with E-state index in [2.05, 4.69) is 6.08 Å². The molecule has 3 unspecified atom stereocenters. The van der Waals surface area contributed by atoms with E-state index in [1.54, 1.807) is 14.2 Å². The molecule has 1 aromatic rings. The molecule has 5 heterocycles. The van der Waals surface area contributed by atoms with Gasteiger partial charge in [-0.1, -0.05) is 6.08 Å². The number of anilines is 1. The number of benzene rings is 1. The van der Waals surface area contributed by atoms with Crippen molar-refractivity contribution in [1.82, 2.24) is 0 Å². The van der Waals surface area contributed by atoms with Gasteiger partial charge in [-0.15, -0.1) is 0 Å². The number of hydrogen-bond donors (Lipinski definition) is 0. The summed E-state index contributed by atoms with van der Waals surface area (Å²) in [6, 6.07) is 3.96. The van der Waals surface area contributed by atoms with Crippen LogP contribution in [0.4, 0.5) is 5.69 Å². The molecule has 0 radical (unpaired) electrons. The summed E-state index contributed by atoms with van der Waals surface area (Å²) in [6.07, 6.45) is 4.18. The van der Waals surface area contributed by atoms with Gasteiger partial charge in [0.25, 0.3) is 0 Å². The second kappa shape index (κ2) is 5.39. The third-order valence-electron chi connectivity index (χ3n) is 9.10. The lowest BCUT2D eigenvalue weighted by Gasteiger charge is -2.61. The fraction of sp³-hybridized carbons (Fsp3) is 0.609. The zero-order valence-electron chi connectivity index (χ0n) is 17.3. The minimum absolute atomic E-state index is 0.0185. The van der Waals surface area contributed by atoms with Crippen molar-refractivity contribution >= 4 is 11.6 Å². The van der Waals surface area contributed by atoms with Crippen LogP contribution in [0.1, 0.15) is 24.8 Å². The summed E-state index contributed by atoms with van der Waals surface area (Å²) in [5, 5.41) is 14.1. The second-order valence-electron chi connectivity index (χ2n) is 9.85. The van der Waals surface area contributed by atoms with Gasteiger partial charge in [-0.25, -0.2) is 0 Å². The molecular formula is C23H26N2O5. The van der Waals surface area contributed by atoms with E-state index in [0.29, 0.717) is 43.5 Å². The molecule has 1 saturated carbocycles. The number of fused-ring (bicyclic) bond motifs is 2. The summed E-state index contributed by atoms with van der Waals surface area (Å²) in [4.78, 5) is 15.5. The van der Waals surface area contributed by atoms with E-state index < -0.39 is 0 Å². The van der Waals surface area contributed by atoms with Crippen LogP contribution < -0.4 is 14.4 Å². The van der Waals surface area contributed by atoms with Gasteiger partial charge in [0.2, 0.25) is 5.91 Å². The van der Waals surface area contributed by atoms with Gasteiger partial charge < -0.3 is 29.0 Å². The Balaban J connectivity index is 1.54. The Kier molecular flexibility index (Phi) is 3.16. The number of ether oxygens (including phenoxy) is 3. The monoisotopic (exact) mass is 410 g/mol. The zero-order valence-corrected chi connectivity index (χ0v) is 17.3. The number of nitrogens with zero attached hydrogens (tertiary/aromatic N) is 2. The number of carbonyl (C=O) groups excluding carboxylic acids is 1. The Morgan fingerprint density at radius 1 is 1.27 bits per heavy atom. The van der Waals surface area contributed by atoms with E-state index in [-0.39, 0.29) is 40.1 Å².